The van der Waals surface area contributed by atoms with E-state index in [0.29, 0.717) is 6.61 Å². The molecule has 0 aromatic rings. The van der Waals surface area contributed by atoms with Crippen molar-refractivity contribution in [2.24, 2.45) is 5.73 Å². The van der Waals surface area contributed by atoms with Gasteiger partial charge in [0.1, 0.15) is 0 Å². The van der Waals surface area contributed by atoms with Crippen LogP contribution in [0.2, 0.25) is 0 Å². The van der Waals surface area contributed by atoms with Crippen LogP contribution < -0.4 is 5.73 Å². The number of amides is 1. The molecule has 12 heavy (non-hydrogen) atoms. The van der Waals surface area contributed by atoms with Crippen LogP contribution in [0.5, 0.6) is 0 Å². The van der Waals surface area contributed by atoms with Gasteiger partial charge in [0.15, 0.2) is 0 Å². The van der Waals surface area contributed by atoms with Gasteiger partial charge in [0.05, 0.1) is 6.61 Å². The summed E-state index contributed by atoms with van der Waals surface area (Å²) in [6.45, 7) is 10.6. The van der Waals surface area contributed by atoms with Crippen molar-refractivity contribution in [2.45, 2.75) is 47.5 Å². The highest BCUT2D eigenvalue weighted by Gasteiger charge is 1.86. The van der Waals surface area contributed by atoms with Crippen molar-refractivity contribution in [1.82, 2.24) is 0 Å². The van der Waals surface area contributed by atoms with Crippen molar-refractivity contribution in [2.75, 3.05) is 6.61 Å². The molecule has 0 aliphatic rings. The summed E-state index contributed by atoms with van der Waals surface area (Å²) in [4.78, 5) is 9.76. The van der Waals surface area contributed by atoms with Gasteiger partial charge in [-0.25, -0.2) is 4.79 Å². The Hall–Kier alpha value is -0.730. The average Bonchev–Trinajstić information content (AvgIpc) is 2.06. The van der Waals surface area contributed by atoms with E-state index in [1.54, 1.807) is 0 Å². The maximum absolute atomic E-state index is 9.76. The van der Waals surface area contributed by atoms with Gasteiger partial charge in [-0.3, -0.25) is 0 Å². The number of primary amides is 1. The van der Waals surface area contributed by atoms with Crippen LogP contribution in [-0.4, -0.2) is 12.7 Å². The molecule has 0 aromatic heterocycles. The van der Waals surface area contributed by atoms with Gasteiger partial charge in [-0.2, -0.15) is 0 Å². The largest absolute Gasteiger partial charge is 0.450 e. The molecule has 0 bridgehead atoms. The number of hydrogen-bond acceptors (Lipinski definition) is 2. The molecule has 78 valence electrons. The van der Waals surface area contributed by atoms with Crippen molar-refractivity contribution in [3.05, 3.63) is 0 Å². The van der Waals surface area contributed by atoms with Crippen LogP contribution in [0.3, 0.4) is 0 Å². The van der Waals surface area contributed by atoms with E-state index in [9.17, 15) is 4.79 Å². The summed E-state index contributed by atoms with van der Waals surface area (Å²) in [6.07, 6.45) is 1.38. The predicted octanol–water partition coefficient (Wildman–Crippen LogP) is 3.18. The zero-order valence-corrected chi connectivity index (χ0v) is 9.02. The number of hydrogen-bond donors (Lipinski definition) is 1. The van der Waals surface area contributed by atoms with Crippen LogP contribution in [-0.2, 0) is 4.74 Å². The zero-order valence-electron chi connectivity index (χ0n) is 9.02. The van der Waals surface area contributed by atoms with Crippen molar-refractivity contribution in [3.8, 4) is 0 Å². The normalized spacial score (nSPS) is 6.75. The molecular weight excluding hydrogens is 154 g/mol. The summed E-state index contributed by atoms with van der Waals surface area (Å²) < 4.78 is 4.33. The summed E-state index contributed by atoms with van der Waals surface area (Å²) in [5.41, 5.74) is 4.62. The lowest BCUT2D eigenvalue weighted by molar-refractivity contribution is 0.157. The van der Waals surface area contributed by atoms with Gasteiger partial charge >= 0.3 is 6.09 Å². The Morgan fingerprint density at radius 2 is 1.67 bits per heavy atom. The van der Waals surface area contributed by atoms with Gasteiger partial charge in [0, 0.05) is 1.43 Å². The summed E-state index contributed by atoms with van der Waals surface area (Å²) in [5.74, 6) is 0. The average molecular weight is 179 g/mol. The van der Waals surface area contributed by atoms with Gasteiger partial charge in [0.25, 0.3) is 0 Å². The molecule has 0 fully saturated rings. The van der Waals surface area contributed by atoms with E-state index in [2.05, 4.69) is 24.3 Å². The van der Waals surface area contributed by atoms with E-state index < -0.39 is 6.09 Å². The Bertz CT molecular complexity index is 80.0. The minimum absolute atomic E-state index is 0. The lowest BCUT2D eigenvalue weighted by Gasteiger charge is -1.93. The molecule has 2 N–H and O–H groups in total. The highest BCUT2D eigenvalue weighted by atomic mass is 16.5. The second-order valence-corrected chi connectivity index (χ2v) is 1.87. The van der Waals surface area contributed by atoms with Gasteiger partial charge in [-0.1, -0.05) is 41.0 Å². The van der Waals surface area contributed by atoms with Crippen molar-refractivity contribution < 1.29 is 11.0 Å². The summed E-state index contributed by atoms with van der Waals surface area (Å²) in [7, 11) is 0. The van der Waals surface area contributed by atoms with E-state index in [0.717, 1.165) is 6.42 Å². The molecule has 0 unspecified atom stereocenters. The lowest BCUT2D eigenvalue weighted by atomic mass is 10.5. The fourth-order valence-corrected chi connectivity index (χ4v) is 0.203. The van der Waals surface area contributed by atoms with Crippen LogP contribution in [0, 0.1) is 0 Å². The lowest BCUT2D eigenvalue weighted by Crippen LogP contribution is -2.12. The zero-order chi connectivity index (χ0) is 10.4. The Morgan fingerprint density at radius 1 is 1.33 bits per heavy atom. The minimum Gasteiger partial charge on any atom is -0.450 e. The summed E-state index contributed by atoms with van der Waals surface area (Å²) in [6, 6.07) is 0. The van der Waals surface area contributed by atoms with Crippen LogP contribution in [0.4, 0.5) is 4.79 Å². The van der Waals surface area contributed by atoms with Crippen molar-refractivity contribution >= 4 is 6.09 Å². The third-order valence-electron chi connectivity index (χ3n) is 0.448. The summed E-state index contributed by atoms with van der Waals surface area (Å²) in [5, 5.41) is 0. The number of nitrogens with two attached hydrogens (primary N) is 1. The van der Waals surface area contributed by atoms with Crippen LogP contribution in [0.1, 0.15) is 48.9 Å². The van der Waals surface area contributed by atoms with E-state index in [1.807, 2.05) is 20.8 Å². The van der Waals surface area contributed by atoms with Gasteiger partial charge in [-0.15, -0.1) is 0 Å². The highest BCUT2D eigenvalue weighted by molar-refractivity contribution is 5.64. The van der Waals surface area contributed by atoms with Gasteiger partial charge in [0.2, 0.25) is 0 Å². The number of carbonyl (C=O) groups is 1. The van der Waals surface area contributed by atoms with E-state index in [1.165, 1.54) is 6.42 Å². The third-order valence-corrected chi connectivity index (χ3v) is 0.448. The molecule has 0 atom stereocenters. The number of carbonyl (C=O) groups excluding carboxylic acids is 1. The molecule has 0 heterocycles. The Balaban J connectivity index is -0.0000000581. The minimum atomic E-state index is -0.693. The molecule has 0 rings (SSSR count). The Kier molecular flexibility index (Phi) is 32.5. The first kappa shape index (κ1) is 17.4. The highest BCUT2D eigenvalue weighted by Crippen LogP contribution is 1.76. The first-order chi connectivity index (χ1) is 5.68. The smallest absolute Gasteiger partial charge is 0.404 e. The maximum Gasteiger partial charge on any atom is 0.404 e. The van der Waals surface area contributed by atoms with Gasteiger partial charge < -0.3 is 10.5 Å². The van der Waals surface area contributed by atoms with Crippen LogP contribution in [0.15, 0.2) is 0 Å². The quantitative estimate of drug-likeness (QED) is 0.707. The van der Waals surface area contributed by atoms with Crippen LogP contribution >= 0.6 is 0 Å². The molecule has 3 nitrogen and oxygen atoms in total. The molecule has 0 aromatic carbocycles. The molecule has 0 aliphatic heterocycles. The monoisotopic (exact) mass is 179 g/mol. The second-order valence-electron chi connectivity index (χ2n) is 1.87. The van der Waals surface area contributed by atoms with E-state index in [-0.39, 0.29) is 1.43 Å². The number of ether oxygens (including phenoxy) is 1. The molecule has 0 spiro atoms. The van der Waals surface area contributed by atoms with Gasteiger partial charge in [-0.05, 0) is 6.42 Å². The second kappa shape index (κ2) is 22.4. The van der Waals surface area contributed by atoms with Crippen molar-refractivity contribution in [3.63, 3.8) is 0 Å². The maximum atomic E-state index is 9.76. The van der Waals surface area contributed by atoms with E-state index >= 15 is 0 Å². The molecular formula is C9H25NO2. The fourth-order valence-electron chi connectivity index (χ4n) is 0.203. The molecule has 3 heteroatoms. The molecule has 1 amide bonds. The summed E-state index contributed by atoms with van der Waals surface area (Å²) >= 11 is 0. The van der Waals surface area contributed by atoms with E-state index in [4.69, 9.17) is 0 Å². The Morgan fingerprint density at radius 3 is 1.75 bits per heavy atom. The fraction of sp³-hybridized carbons (Fsp3) is 0.889. The topological polar surface area (TPSA) is 52.3 Å². The number of rotatable bonds is 2. The third kappa shape index (κ3) is 59.3. The molecule has 0 saturated carbocycles. The first-order valence-corrected chi connectivity index (χ1v) is 4.61. The van der Waals surface area contributed by atoms with Crippen LogP contribution in [0.25, 0.3) is 0 Å². The Labute approximate surface area is 77.8 Å². The standard InChI is InChI=1S/C4H9NO2.C3H8.C2H6.H2/c1-2-3-7-4(5)6;1-3-2;1-2;/h2-3H2,1H3,(H2,5,6);3H2,1-2H3;1-2H3;1H. The molecule has 0 radical (unpaired) electrons. The molecule has 0 saturated heterocycles. The predicted molar refractivity (Wildman–Crippen MR) is 55.3 cm³/mol. The van der Waals surface area contributed by atoms with Crippen molar-refractivity contribution in [1.29, 1.82) is 0 Å². The molecule has 0 aliphatic carbocycles. The first-order valence-electron chi connectivity index (χ1n) is 4.61. The SMILES string of the molecule is CC.CCC.CCCOC(N)=O.[HH].